The van der Waals surface area contributed by atoms with Crippen molar-refractivity contribution >= 4 is 29.4 Å². The molecule has 1 aliphatic heterocycles. The van der Waals surface area contributed by atoms with Crippen LogP contribution >= 0.6 is 0 Å². The number of carbonyl (C=O) groups excluding carboxylic acids is 4. The summed E-state index contributed by atoms with van der Waals surface area (Å²) in [5.41, 5.74) is 0.504. The third kappa shape index (κ3) is 4.27. The highest BCUT2D eigenvalue weighted by molar-refractivity contribution is 6.07. The van der Waals surface area contributed by atoms with E-state index in [4.69, 9.17) is 9.47 Å². The average Bonchev–Trinajstić information content (AvgIpc) is 2.92. The fraction of sp³-hybridized carbons (Fsp3) is 0.474. The molecule has 0 spiro atoms. The first-order valence-electron chi connectivity index (χ1n) is 8.94. The van der Waals surface area contributed by atoms with Gasteiger partial charge in [0.1, 0.15) is 12.3 Å². The van der Waals surface area contributed by atoms with Crippen LogP contribution in [0.4, 0.5) is 5.69 Å². The van der Waals surface area contributed by atoms with Gasteiger partial charge in [0.25, 0.3) is 5.91 Å². The Labute approximate surface area is 156 Å². The fourth-order valence-corrected chi connectivity index (χ4v) is 3.61. The van der Waals surface area contributed by atoms with Crippen LogP contribution in [0.15, 0.2) is 24.3 Å². The van der Waals surface area contributed by atoms with E-state index < -0.39 is 25.0 Å². The lowest BCUT2D eigenvalue weighted by atomic mass is 9.81. The molecule has 2 atom stereocenters. The van der Waals surface area contributed by atoms with E-state index in [0.717, 1.165) is 17.7 Å². The number of anilines is 1. The third-order valence-electron chi connectivity index (χ3n) is 4.94. The molecule has 0 bridgehead atoms. The highest BCUT2D eigenvalue weighted by Gasteiger charge is 2.48. The molecule has 8 heteroatoms. The number of rotatable bonds is 6. The van der Waals surface area contributed by atoms with E-state index in [-0.39, 0.29) is 23.7 Å². The van der Waals surface area contributed by atoms with Crippen LogP contribution < -0.4 is 10.1 Å². The molecular formula is C19H22N2O6. The molecule has 27 heavy (non-hydrogen) atoms. The van der Waals surface area contributed by atoms with E-state index in [1.807, 2.05) is 0 Å². The number of fused-ring (bicyclic) bond motifs is 1. The van der Waals surface area contributed by atoms with Gasteiger partial charge in [-0.3, -0.25) is 24.1 Å². The van der Waals surface area contributed by atoms with Crippen molar-refractivity contribution in [2.24, 2.45) is 11.8 Å². The van der Waals surface area contributed by atoms with E-state index >= 15 is 0 Å². The van der Waals surface area contributed by atoms with Gasteiger partial charge in [0.05, 0.1) is 18.9 Å². The summed E-state index contributed by atoms with van der Waals surface area (Å²) in [5.74, 6) is -1.95. The Morgan fingerprint density at radius 2 is 1.81 bits per heavy atom. The van der Waals surface area contributed by atoms with Gasteiger partial charge in [-0.2, -0.15) is 0 Å². The number of hydrogen-bond donors (Lipinski definition) is 1. The fourth-order valence-electron chi connectivity index (χ4n) is 3.61. The normalized spacial score (nSPS) is 21.6. The lowest BCUT2D eigenvalue weighted by Crippen LogP contribution is -2.37. The second kappa shape index (κ2) is 8.20. The average molecular weight is 374 g/mol. The minimum Gasteiger partial charge on any atom is -0.497 e. The van der Waals surface area contributed by atoms with E-state index in [1.54, 1.807) is 24.3 Å². The first-order chi connectivity index (χ1) is 13.0. The Kier molecular flexibility index (Phi) is 5.73. The predicted molar refractivity (Wildman–Crippen MR) is 94.8 cm³/mol. The molecule has 0 aromatic heterocycles. The van der Waals surface area contributed by atoms with Gasteiger partial charge in [-0.15, -0.1) is 0 Å². The second-order valence-corrected chi connectivity index (χ2v) is 6.70. The summed E-state index contributed by atoms with van der Waals surface area (Å²) in [4.78, 5) is 49.5. The molecular weight excluding hydrogens is 352 g/mol. The number of benzene rings is 1. The topological polar surface area (TPSA) is 102 Å². The molecule has 8 nitrogen and oxygen atoms in total. The number of amides is 3. The molecule has 1 heterocycles. The molecule has 0 radical (unpaired) electrons. The zero-order chi connectivity index (χ0) is 19.4. The number of likely N-dealkylation sites (tertiary alicyclic amines) is 1. The number of imide groups is 1. The van der Waals surface area contributed by atoms with Gasteiger partial charge in [0.15, 0.2) is 6.61 Å². The molecule has 3 amide bonds. The minimum absolute atomic E-state index is 0.303. The Balaban J connectivity index is 1.48. The molecule has 2 aliphatic rings. The lowest BCUT2D eigenvalue weighted by molar-refractivity contribution is -0.154. The Hall–Kier alpha value is -2.90. The van der Waals surface area contributed by atoms with Crippen molar-refractivity contribution in [2.75, 3.05) is 25.6 Å². The Morgan fingerprint density at radius 1 is 1.15 bits per heavy atom. The van der Waals surface area contributed by atoms with Crippen molar-refractivity contribution in [3.05, 3.63) is 24.3 Å². The van der Waals surface area contributed by atoms with E-state index in [0.29, 0.717) is 24.3 Å². The first-order valence-corrected chi connectivity index (χ1v) is 8.94. The van der Waals surface area contributed by atoms with Crippen LogP contribution in [0.25, 0.3) is 0 Å². The first kappa shape index (κ1) is 18.9. The lowest BCUT2D eigenvalue weighted by Gasteiger charge is -2.19. The van der Waals surface area contributed by atoms with Crippen molar-refractivity contribution in [3.63, 3.8) is 0 Å². The molecule has 1 N–H and O–H groups in total. The van der Waals surface area contributed by atoms with Gasteiger partial charge in [0.2, 0.25) is 11.8 Å². The molecule has 144 valence electrons. The maximum absolute atomic E-state index is 12.3. The molecule has 2 fully saturated rings. The van der Waals surface area contributed by atoms with E-state index in [2.05, 4.69) is 5.32 Å². The third-order valence-corrected chi connectivity index (χ3v) is 4.94. The summed E-state index contributed by atoms with van der Waals surface area (Å²) in [6, 6.07) is 6.75. The molecule has 1 aromatic rings. The Morgan fingerprint density at radius 3 is 2.44 bits per heavy atom. The Bertz CT molecular complexity index is 738. The maximum Gasteiger partial charge on any atom is 0.326 e. The van der Waals surface area contributed by atoms with Crippen LogP contribution in [0, 0.1) is 11.8 Å². The van der Waals surface area contributed by atoms with Gasteiger partial charge >= 0.3 is 5.97 Å². The van der Waals surface area contributed by atoms with Gasteiger partial charge in [0, 0.05) is 11.8 Å². The van der Waals surface area contributed by atoms with Gasteiger partial charge < -0.3 is 14.8 Å². The van der Waals surface area contributed by atoms with Crippen molar-refractivity contribution < 1.29 is 28.7 Å². The zero-order valence-electron chi connectivity index (χ0n) is 15.1. The van der Waals surface area contributed by atoms with Crippen LogP contribution in [-0.2, 0) is 23.9 Å². The number of esters is 1. The van der Waals surface area contributed by atoms with Gasteiger partial charge in [-0.1, -0.05) is 18.9 Å². The maximum atomic E-state index is 12.3. The minimum atomic E-state index is -0.781. The summed E-state index contributed by atoms with van der Waals surface area (Å²) < 4.78 is 9.98. The van der Waals surface area contributed by atoms with Crippen LogP contribution in [0.5, 0.6) is 5.75 Å². The zero-order valence-corrected chi connectivity index (χ0v) is 15.1. The number of methoxy groups -OCH3 is 1. The monoisotopic (exact) mass is 374 g/mol. The van der Waals surface area contributed by atoms with Crippen molar-refractivity contribution in [2.45, 2.75) is 25.7 Å². The SMILES string of the molecule is COc1cccc(NC(=O)COC(=O)CN2C(=O)[C@@H]3CCCC[C@H]3C2=O)c1. The highest BCUT2D eigenvalue weighted by Crippen LogP contribution is 2.37. The number of carbonyl (C=O) groups is 4. The molecule has 1 aromatic carbocycles. The predicted octanol–water partition coefficient (Wildman–Crippen LogP) is 1.35. The summed E-state index contributed by atoms with van der Waals surface area (Å²) in [6.07, 6.45) is 3.21. The molecule has 1 saturated carbocycles. The largest absolute Gasteiger partial charge is 0.497 e. The van der Waals surface area contributed by atoms with Crippen LogP contribution in [0.2, 0.25) is 0 Å². The van der Waals surface area contributed by atoms with Crippen LogP contribution in [-0.4, -0.2) is 48.9 Å². The van der Waals surface area contributed by atoms with Crippen molar-refractivity contribution in [1.82, 2.24) is 4.90 Å². The highest BCUT2D eigenvalue weighted by atomic mass is 16.5. The van der Waals surface area contributed by atoms with Crippen molar-refractivity contribution in [3.8, 4) is 5.75 Å². The summed E-state index contributed by atoms with van der Waals surface area (Å²) in [5, 5.41) is 2.58. The summed E-state index contributed by atoms with van der Waals surface area (Å²) in [6.45, 7) is -0.948. The standard InChI is InChI=1S/C19H22N2O6/c1-26-13-6-4-5-12(9-13)20-16(22)11-27-17(23)10-21-18(24)14-7-2-3-8-15(14)19(21)25/h4-6,9,14-15H,2-3,7-8,10-11H2,1H3,(H,20,22)/t14-,15-/m1/s1. The molecule has 1 aliphatic carbocycles. The van der Waals surface area contributed by atoms with Crippen molar-refractivity contribution in [1.29, 1.82) is 0 Å². The van der Waals surface area contributed by atoms with Gasteiger partial charge in [-0.05, 0) is 25.0 Å². The molecule has 1 saturated heterocycles. The van der Waals surface area contributed by atoms with Crippen LogP contribution in [0.3, 0.4) is 0 Å². The van der Waals surface area contributed by atoms with Gasteiger partial charge in [-0.25, -0.2) is 0 Å². The van der Waals surface area contributed by atoms with E-state index in [1.165, 1.54) is 7.11 Å². The number of nitrogens with one attached hydrogen (secondary N) is 1. The molecule has 3 rings (SSSR count). The summed E-state index contributed by atoms with van der Waals surface area (Å²) in [7, 11) is 1.51. The number of nitrogens with zero attached hydrogens (tertiary/aromatic N) is 1. The summed E-state index contributed by atoms with van der Waals surface area (Å²) >= 11 is 0. The quantitative estimate of drug-likeness (QED) is 0.596. The number of hydrogen-bond acceptors (Lipinski definition) is 6. The van der Waals surface area contributed by atoms with E-state index in [9.17, 15) is 19.2 Å². The molecule has 0 unspecified atom stereocenters. The smallest absolute Gasteiger partial charge is 0.326 e. The number of ether oxygens (including phenoxy) is 2. The second-order valence-electron chi connectivity index (χ2n) is 6.70. The van der Waals surface area contributed by atoms with Crippen LogP contribution in [0.1, 0.15) is 25.7 Å².